The van der Waals surface area contributed by atoms with Crippen molar-refractivity contribution in [2.45, 2.75) is 52.3 Å². The monoisotopic (exact) mass is 386 g/mol. The number of ether oxygens (including phenoxy) is 2. The van der Waals surface area contributed by atoms with Crippen molar-refractivity contribution in [3.8, 4) is 0 Å². The molecule has 1 aliphatic carbocycles. The van der Waals surface area contributed by atoms with Crippen molar-refractivity contribution >= 4 is 11.9 Å². The van der Waals surface area contributed by atoms with Crippen molar-refractivity contribution < 1.29 is 32.2 Å². The van der Waals surface area contributed by atoms with E-state index in [1.807, 2.05) is 0 Å². The van der Waals surface area contributed by atoms with Gasteiger partial charge in [0.25, 0.3) is 0 Å². The van der Waals surface area contributed by atoms with E-state index in [0.29, 0.717) is 11.8 Å². The largest absolute Gasteiger partial charge is 0.460 e. The molecule has 7 heteroatoms. The van der Waals surface area contributed by atoms with Crippen molar-refractivity contribution in [3.63, 3.8) is 0 Å². The Morgan fingerprint density at radius 2 is 1.85 bits per heavy atom. The Morgan fingerprint density at radius 3 is 2.48 bits per heavy atom. The molecule has 1 aromatic rings. The minimum absolute atomic E-state index is 0.229. The Morgan fingerprint density at radius 1 is 1.19 bits per heavy atom. The number of rotatable bonds is 5. The van der Waals surface area contributed by atoms with Gasteiger partial charge in [0.2, 0.25) is 0 Å². The van der Waals surface area contributed by atoms with Crippen LogP contribution in [0.1, 0.15) is 56.0 Å². The van der Waals surface area contributed by atoms with E-state index in [0.717, 1.165) is 31.4 Å². The molecule has 1 fully saturated rings. The van der Waals surface area contributed by atoms with Crippen LogP contribution in [0.15, 0.2) is 24.3 Å². The van der Waals surface area contributed by atoms with Gasteiger partial charge in [0.1, 0.15) is 6.10 Å². The molecule has 27 heavy (non-hydrogen) atoms. The smallest absolute Gasteiger partial charge is 0.417 e. The maximum Gasteiger partial charge on any atom is 0.417 e. The first-order chi connectivity index (χ1) is 12.6. The molecule has 0 aliphatic heterocycles. The highest BCUT2D eigenvalue weighted by Crippen LogP contribution is 2.35. The Balaban J connectivity index is 1.96. The summed E-state index contributed by atoms with van der Waals surface area (Å²) in [4.78, 5) is 24.1. The summed E-state index contributed by atoms with van der Waals surface area (Å²) in [5, 5.41) is 0. The molecule has 0 spiro atoms. The molecule has 1 aliphatic rings. The lowest BCUT2D eigenvalue weighted by molar-refractivity contribution is -0.159. The van der Waals surface area contributed by atoms with Crippen molar-refractivity contribution in [1.82, 2.24) is 0 Å². The zero-order chi connectivity index (χ0) is 20.2. The normalized spacial score (nSPS) is 23.1. The van der Waals surface area contributed by atoms with E-state index in [-0.39, 0.29) is 12.0 Å². The second-order valence-electron chi connectivity index (χ2n) is 7.47. The van der Waals surface area contributed by atoms with E-state index in [2.05, 4.69) is 20.8 Å². The SMILES string of the molecule is CC(C)[C@@H]1CC[C@H](C)C[C@@H]1OC(=O)COC(=O)c1ccccc1C(F)(F)F. The molecule has 0 bridgehead atoms. The number of halogens is 3. The van der Waals surface area contributed by atoms with Crippen LogP contribution in [-0.2, 0) is 20.4 Å². The minimum atomic E-state index is -4.68. The molecule has 0 heterocycles. The molecule has 0 amide bonds. The molecule has 1 saturated carbocycles. The van der Waals surface area contributed by atoms with Crippen LogP contribution >= 0.6 is 0 Å². The fourth-order valence-corrected chi connectivity index (χ4v) is 3.56. The van der Waals surface area contributed by atoms with Crippen LogP contribution in [0.2, 0.25) is 0 Å². The number of esters is 2. The lowest BCUT2D eigenvalue weighted by Crippen LogP contribution is -2.36. The van der Waals surface area contributed by atoms with Crippen LogP contribution in [0, 0.1) is 17.8 Å². The van der Waals surface area contributed by atoms with Crippen molar-refractivity contribution in [1.29, 1.82) is 0 Å². The number of carbonyl (C=O) groups excluding carboxylic acids is 2. The lowest BCUT2D eigenvalue weighted by Gasteiger charge is -2.36. The van der Waals surface area contributed by atoms with Gasteiger partial charge >= 0.3 is 18.1 Å². The standard InChI is InChI=1S/C20H25F3O4/c1-12(2)14-9-8-13(3)10-17(14)27-18(24)11-26-19(25)15-6-4-5-7-16(15)20(21,22)23/h4-7,12-14,17H,8-11H2,1-3H3/t13-,14-,17-/m0/s1. The number of alkyl halides is 3. The summed E-state index contributed by atoms with van der Waals surface area (Å²) in [6.45, 7) is 5.51. The second-order valence-corrected chi connectivity index (χ2v) is 7.47. The molecule has 2 rings (SSSR count). The molecule has 0 saturated heterocycles. The highest BCUT2D eigenvalue weighted by Gasteiger charge is 2.36. The highest BCUT2D eigenvalue weighted by molar-refractivity contribution is 5.92. The molecule has 0 N–H and O–H groups in total. The Kier molecular flexibility index (Phi) is 6.89. The van der Waals surface area contributed by atoms with Gasteiger partial charge < -0.3 is 9.47 Å². The zero-order valence-electron chi connectivity index (χ0n) is 15.7. The summed E-state index contributed by atoms with van der Waals surface area (Å²) in [7, 11) is 0. The number of hydrogen-bond acceptors (Lipinski definition) is 4. The van der Waals surface area contributed by atoms with E-state index in [1.165, 1.54) is 12.1 Å². The Bertz CT molecular complexity index is 669. The van der Waals surface area contributed by atoms with Gasteiger partial charge in [0.05, 0.1) is 11.1 Å². The van der Waals surface area contributed by atoms with Crippen LogP contribution in [0.3, 0.4) is 0 Å². The third-order valence-corrected chi connectivity index (χ3v) is 5.02. The second kappa shape index (κ2) is 8.76. The molecular formula is C20H25F3O4. The molecule has 0 radical (unpaired) electrons. The molecule has 0 aromatic heterocycles. The summed E-state index contributed by atoms with van der Waals surface area (Å²) >= 11 is 0. The molecule has 4 nitrogen and oxygen atoms in total. The molecule has 0 unspecified atom stereocenters. The van der Waals surface area contributed by atoms with Crippen LogP contribution < -0.4 is 0 Å². The van der Waals surface area contributed by atoms with Gasteiger partial charge in [0.15, 0.2) is 6.61 Å². The Hall–Kier alpha value is -2.05. The quantitative estimate of drug-likeness (QED) is 0.678. The maximum atomic E-state index is 13.0. The fraction of sp³-hybridized carbons (Fsp3) is 0.600. The molecule has 3 atom stereocenters. The van der Waals surface area contributed by atoms with Gasteiger partial charge in [-0.2, -0.15) is 13.2 Å². The van der Waals surface area contributed by atoms with E-state index >= 15 is 0 Å². The van der Waals surface area contributed by atoms with Crippen molar-refractivity contribution in [3.05, 3.63) is 35.4 Å². The van der Waals surface area contributed by atoms with Crippen LogP contribution in [0.4, 0.5) is 13.2 Å². The van der Waals surface area contributed by atoms with Gasteiger partial charge in [-0.15, -0.1) is 0 Å². The molecular weight excluding hydrogens is 361 g/mol. The van der Waals surface area contributed by atoms with Crippen molar-refractivity contribution in [2.24, 2.45) is 17.8 Å². The third-order valence-electron chi connectivity index (χ3n) is 5.02. The zero-order valence-corrected chi connectivity index (χ0v) is 15.7. The molecule has 1 aromatic carbocycles. The maximum absolute atomic E-state index is 13.0. The van der Waals surface area contributed by atoms with E-state index in [1.54, 1.807) is 0 Å². The van der Waals surface area contributed by atoms with Crippen LogP contribution in [0.25, 0.3) is 0 Å². The van der Waals surface area contributed by atoms with E-state index in [4.69, 9.17) is 9.47 Å². The third kappa shape index (κ3) is 5.71. The fourth-order valence-electron chi connectivity index (χ4n) is 3.56. The molecule has 150 valence electrons. The average molecular weight is 386 g/mol. The van der Waals surface area contributed by atoms with Gasteiger partial charge in [-0.1, -0.05) is 39.3 Å². The topological polar surface area (TPSA) is 52.6 Å². The van der Waals surface area contributed by atoms with Gasteiger partial charge in [-0.05, 0) is 42.7 Å². The summed E-state index contributed by atoms with van der Waals surface area (Å²) in [5.74, 6) is -0.933. The van der Waals surface area contributed by atoms with Gasteiger partial charge in [-0.3, -0.25) is 0 Å². The number of benzene rings is 1. The average Bonchev–Trinajstić information content (AvgIpc) is 2.58. The van der Waals surface area contributed by atoms with E-state index < -0.39 is 35.8 Å². The first kappa shape index (κ1) is 21.3. The van der Waals surface area contributed by atoms with Gasteiger partial charge in [-0.25, -0.2) is 9.59 Å². The summed E-state index contributed by atoms with van der Waals surface area (Å²) in [6.07, 6.45) is -2.18. The van der Waals surface area contributed by atoms with Crippen LogP contribution in [0.5, 0.6) is 0 Å². The van der Waals surface area contributed by atoms with E-state index in [9.17, 15) is 22.8 Å². The first-order valence-electron chi connectivity index (χ1n) is 9.12. The highest BCUT2D eigenvalue weighted by atomic mass is 19.4. The summed E-state index contributed by atoms with van der Waals surface area (Å²) < 4.78 is 49.2. The predicted octanol–water partition coefficient (Wildman–Crippen LogP) is 4.87. The number of carbonyl (C=O) groups is 2. The minimum Gasteiger partial charge on any atom is -0.460 e. The summed E-state index contributed by atoms with van der Waals surface area (Å²) in [5.41, 5.74) is -1.71. The summed E-state index contributed by atoms with van der Waals surface area (Å²) in [6, 6.07) is 4.31. The number of hydrogen-bond donors (Lipinski definition) is 0. The first-order valence-corrected chi connectivity index (χ1v) is 9.12. The predicted molar refractivity (Wildman–Crippen MR) is 92.9 cm³/mol. The van der Waals surface area contributed by atoms with Crippen molar-refractivity contribution in [2.75, 3.05) is 6.61 Å². The van der Waals surface area contributed by atoms with Gasteiger partial charge in [0, 0.05) is 0 Å². The Labute approximate surface area is 157 Å². The lowest BCUT2D eigenvalue weighted by atomic mass is 9.75. The van der Waals surface area contributed by atoms with Crippen LogP contribution in [-0.4, -0.2) is 24.6 Å².